The van der Waals surface area contributed by atoms with Crippen LogP contribution in [0.2, 0.25) is 0 Å². The first-order valence-electron chi connectivity index (χ1n) is 12.6. The van der Waals surface area contributed by atoms with Crippen molar-refractivity contribution in [3.05, 3.63) is 23.8 Å². The fourth-order valence-corrected chi connectivity index (χ4v) is 4.16. The fraction of sp³-hybridized carbons (Fsp3) is 0.708. The largest absolute Gasteiger partial charge is 0.475 e. The number of hydrogen-bond acceptors (Lipinski definition) is 7. The van der Waals surface area contributed by atoms with Crippen molar-refractivity contribution in [2.75, 3.05) is 0 Å². The summed E-state index contributed by atoms with van der Waals surface area (Å²) in [5.41, 5.74) is 0.126. The van der Waals surface area contributed by atoms with E-state index in [2.05, 4.69) is 20.6 Å². The summed E-state index contributed by atoms with van der Waals surface area (Å²) >= 11 is 0. The molecule has 1 aromatic heterocycles. The van der Waals surface area contributed by atoms with Crippen LogP contribution < -0.4 is 10.6 Å². The van der Waals surface area contributed by atoms with E-state index in [9.17, 15) is 24.4 Å². The molecule has 2 amide bonds. The summed E-state index contributed by atoms with van der Waals surface area (Å²) in [5, 5.41) is 24.8. The molecule has 2 heterocycles. The highest BCUT2D eigenvalue weighted by atomic mass is 16.4. The van der Waals surface area contributed by atoms with Gasteiger partial charge in [0.2, 0.25) is 5.91 Å². The molecule has 0 fully saturated rings. The number of amides is 2. The lowest BCUT2D eigenvalue weighted by atomic mass is 9.75. The topological polar surface area (TPSA) is 142 Å². The number of nitrogens with one attached hydrogen (secondary N) is 2. The van der Waals surface area contributed by atoms with Gasteiger partial charge in [-0.1, -0.05) is 65.2 Å². The minimum atomic E-state index is -1.70. The fourth-order valence-electron chi connectivity index (χ4n) is 4.16. The predicted molar refractivity (Wildman–Crippen MR) is 130 cm³/mol. The molecule has 1 aliphatic heterocycles. The third kappa shape index (κ3) is 9.89. The maximum absolute atomic E-state index is 13.0. The highest BCUT2D eigenvalue weighted by molar-refractivity contribution is 6.43. The van der Waals surface area contributed by atoms with Crippen molar-refractivity contribution in [1.29, 1.82) is 0 Å². The van der Waals surface area contributed by atoms with Crippen LogP contribution in [0, 0.1) is 5.92 Å². The zero-order chi connectivity index (χ0) is 24.9. The molecule has 1 aliphatic rings. The summed E-state index contributed by atoms with van der Waals surface area (Å²) < 4.78 is 0. The monoisotopic (exact) mass is 474 g/mol. The lowest BCUT2D eigenvalue weighted by Gasteiger charge is -2.24. The van der Waals surface area contributed by atoms with Gasteiger partial charge >= 0.3 is 7.12 Å². The second-order valence-corrected chi connectivity index (χ2v) is 9.62. The minimum absolute atomic E-state index is 0.0225. The van der Waals surface area contributed by atoms with Gasteiger partial charge in [0, 0.05) is 6.42 Å². The van der Waals surface area contributed by atoms with E-state index in [0.717, 1.165) is 57.8 Å². The van der Waals surface area contributed by atoms with Crippen LogP contribution in [0.5, 0.6) is 0 Å². The molecule has 34 heavy (non-hydrogen) atoms. The first kappa shape index (κ1) is 27.9. The molecule has 2 bridgehead atoms. The predicted octanol–water partition coefficient (Wildman–Crippen LogP) is 2.61. The van der Waals surface area contributed by atoms with E-state index in [1.165, 1.54) is 12.4 Å². The Morgan fingerprint density at radius 1 is 1.03 bits per heavy atom. The quantitative estimate of drug-likeness (QED) is 0.481. The standard InChI is InChI=1S/C24H39BN4O5/c1-17(2)14-22(25(33)34)29-23(31)18-12-10-8-6-4-3-5-7-9-11-13-21(30)19-15-26-16-20(27-19)24(32)28-18/h15-18,22,33-34H,3-14H2,1-2H3,(H,28,32)(H,29,31)/t18-,22?/m0/s1. The first-order valence-corrected chi connectivity index (χ1v) is 12.6. The van der Waals surface area contributed by atoms with Gasteiger partial charge in [0.15, 0.2) is 5.78 Å². The molecule has 0 aliphatic carbocycles. The van der Waals surface area contributed by atoms with Crippen LogP contribution in [0.4, 0.5) is 0 Å². The molecule has 1 unspecified atom stereocenters. The zero-order valence-corrected chi connectivity index (χ0v) is 20.5. The molecule has 1 aromatic rings. The normalized spacial score (nSPS) is 20.1. The van der Waals surface area contributed by atoms with Crippen molar-refractivity contribution >= 4 is 24.7 Å². The van der Waals surface area contributed by atoms with Gasteiger partial charge in [0.05, 0.1) is 18.3 Å². The number of ketones is 1. The second kappa shape index (κ2) is 14.8. The molecule has 2 atom stereocenters. The molecular formula is C24H39BN4O5. The number of nitrogens with zero attached hydrogens (tertiary/aromatic N) is 2. The van der Waals surface area contributed by atoms with Crippen molar-refractivity contribution in [3.63, 3.8) is 0 Å². The molecule has 2 rings (SSSR count). The van der Waals surface area contributed by atoms with E-state index >= 15 is 0 Å². The summed E-state index contributed by atoms with van der Waals surface area (Å²) in [6.07, 6.45) is 12.8. The Kier molecular flexibility index (Phi) is 12.2. The summed E-state index contributed by atoms with van der Waals surface area (Å²) in [7, 11) is -1.70. The van der Waals surface area contributed by atoms with Gasteiger partial charge in [-0.25, -0.2) is 4.98 Å². The van der Waals surface area contributed by atoms with Gasteiger partial charge in [0.1, 0.15) is 17.4 Å². The average Bonchev–Trinajstić information content (AvgIpc) is 2.80. The maximum Gasteiger partial charge on any atom is 0.475 e. The number of rotatable bonds is 5. The van der Waals surface area contributed by atoms with E-state index in [-0.39, 0.29) is 23.1 Å². The second-order valence-electron chi connectivity index (χ2n) is 9.62. The Morgan fingerprint density at radius 3 is 2.24 bits per heavy atom. The van der Waals surface area contributed by atoms with Crippen molar-refractivity contribution in [1.82, 2.24) is 20.6 Å². The first-order chi connectivity index (χ1) is 16.3. The van der Waals surface area contributed by atoms with E-state index in [1.54, 1.807) is 0 Å². The van der Waals surface area contributed by atoms with Gasteiger partial charge in [-0.2, -0.15) is 0 Å². The SMILES string of the molecule is CC(C)CC(NC(=O)[C@@H]1CCCCCCCCCCCC(=O)c2cncc(n2)C(=O)N1)B(O)O. The lowest BCUT2D eigenvalue weighted by Crippen LogP contribution is -2.54. The van der Waals surface area contributed by atoms with Crippen LogP contribution in [-0.4, -0.2) is 56.7 Å². The molecule has 4 N–H and O–H groups in total. The third-order valence-corrected chi connectivity index (χ3v) is 6.08. The number of carbonyl (C=O) groups excluding carboxylic acids is 3. The number of hydrogen-bond donors (Lipinski definition) is 4. The molecule has 188 valence electrons. The van der Waals surface area contributed by atoms with Crippen LogP contribution in [0.25, 0.3) is 0 Å². The van der Waals surface area contributed by atoms with Crippen LogP contribution >= 0.6 is 0 Å². The van der Waals surface area contributed by atoms with Gasteiger partial charge < -0.3 is 20.7 Å². The van der Waals surface area contributed by atoms with Crippen molar-refractivity contribution in [2.45, 2.75) is 103 Å². The molecule has 0 radical (unpaired) electrons. The van der Waals surface area contributed by atoms with Crippen LogP contribution in [0.3, 0.4) is 0 Å². The Balaban J connectivity index is 2.17. The number of fused-ring (bicyclic) bond motifs is 2. The van der Waals surface area contributed by atoms with Gasteiger partial charge in [-0.3, -0.25) is 19.4 Å². The Labute approximate surface area is 202 Å². The van der Waals surface area contributed by atoms with Crippen molar-refractivity contribution < 1.29 is 24.4 Å². The number of aromatic nitrogens is 2. The van der Waals surface area contributed by atoms with E-state index < -0.39 is 30.9 Å². The molecule has 0 saturated heterocycles. The van der Waals surface area contributed by atoms with E-state index in [0.29, 0.717) is 19.3 Å². The average molecular weight is 474 g/mol. The van der Waals surface area contributed by atoms with Crippen molar-refractivity contribution in [2.24, 2.45) is 5.92 Å². The summed E-state index contributed by atoms with van der Waals surface area (Å²) in [6.45, 7) is 3.85. The maximum atomic E-state index is 13.0. The van der Waals surface area contributed by atoms with Crippen LogP contribution in [-0.2, 0) is 4.79 Å². The molecule has 10 heteroatoms. The highest BCUT2D eigenvalue weighted by Gasteiger charge is 2.30. The Bertz CT molecular complexity index is 805. The molecule has 0 saturated carbocycles. The minimum Gasteiger partial charge on any atom is -0.426 e. The van der Waals surface area contributed by atoms with Gasteiger partial charge in [-0.05, 0) is 25.2 Å². The van der Waals surface area contributed by atoms with Crippen LogP contribution in [0.15, 0.2) is 12.4 Å². The smallest absolute Gasteiger partial charge is 0.426 e. The van der Waals surface area contributed by atoms with Crippen molar-refractivity contribution in [3.8, 4) is 0 Å². The van der Waals surface area contributed by atoms with E-state index in [4.69, 9.17) is 0 Å². The molecular weight excluding hydrogens is 435 g/mol. The third-order valence-electron chi connectivity index (χ3n) is 6.08. The zero-order valence-electron chi connectivity index (χ0n) is 20.5. The molecule has 9 nitrogen and oxygen atoms in total. The summed E-state index contributed by atoms with van der Waals surface area (Å²) in [6, 6.07) is -0.860. The molecule has 0 spiro atoms. The Morgan fingerprint density at radius 2 is 1.62 bits per heavy atom. The number of Topliss-reactive ketones (excluding diaryl/α,β-unsaturated/α-hetero) is 1. The van der Waals surface area contributed by atoms with Crippen LogP contribution in [0.1, 0.15) is 112 Å². The Hall–Kier alpha value is -2.33. The summed E-state index contributed by atoms with van der Waals surface area (Å²) in [4.78, 5) is 46.6. The van der Waals surface area contributed by atoms with Gasteiger partial charge in [0.25, 0.3) is 5.91 Å². The number of carbonyl (C=O) groups is 3. The van der Waals surface area contributed by atoms with Gasteiger partial charge in [-0.15, -0.1) is 0 Å². The van der Waals surface area contributed by atoms with E-state index in [1.807, 2.05) is 13.8 Å². The lowest BCUT2D eigenvalue weighted by molar-refractivity contribution is -0.123. The summed E-state index contributed by atoms with van der Waals surface area (Å²) in [5.74, 6) is -1.90. The highest BCUT2D eigenvalue weighted by Crippen LogP contribution is 2.15. The molecule has 0 aromatic carbocycles.